The van der Waals surface area contributed by atoms with Crippen LogP contribution in [0.2, 0.25) is 0 Å². The van der Waals surface area contributed by atoms with Crippen molar-refractivity contribution in [1.82, 2.24) is 15.3 Å². The molecule has 0 aliphatic heterocycles. The molecule has 0 saturated heterocycles. The lowest BCUT2D eigenvalue weighted by atomic mass is 9.88. The number of nitrogens with one attached hydrogen (secondary N) is 2. The number of pyridine rings is 1. The molecule has 2 N–H and O–H groups in total. The van der Waals surface area contributed by atoms with Gasteiger partial charge in [-0.3, -0.25) is 0 Å². The van der Waals surface area contributed by atoms with E-state index in [1.807, 2.05) is 12.4 Å². The maximum absolute atomic E-state index is 4.38. The molecule has 0 spiro atoms. The smallest absolute Gasteiger partial charge is 0.137 e. The Labute approximate surface area is 118 Å². The van der Waals surface area contributed by atoms with Crippen LogP contribution in [0.4, 0.5) is 0 Å². The molecular formula is C17H19N3. The van der Waals surface area contributed by atoms with Crippen molar-refractivity contribution in [3.63, 3.8) is 0 Å². The number of hydrogen-bond acceptors (Lipinski definition) is 2. The van der Waals surface area contributed by atoms with Crippen molar-refractivity contribution in [2.24, 2.45) is 0 Å². The Kier molecular flexibility index (Phi) is 2.92. The number of rotatable bonds is 4. The third-order valence-corrected chi connectivity index (χ3v) is 4.20. The molecule has 0 radical (unpaired) electrons. The highest BCUT2D eigenvalue weighted by atomic mass is 14.9. The topological polar surface area (TPSA) is 40.7 Å². The van der Waals surface area contributed by atoms with Crippen LogP contribution in [-0.2, 0) is 0 Å². The van der Waals surface area contributed by atoms with Crippen molar-refractivity contribution in [2.45, 2.75) is 31.2 Å². The first-order valence-corrected chi connectivity index (χ1v) is 7.43. The number of allylic oxidation sites excluding steroid dienone is 2. The Bertz CT molecular complexity index is 676. The summed E-state index contributed by atoms with van der Waals surface area (Å²) in [6, 6.07) is 5.05. The quantitative estimate of drug-likeness (QED) is 0.890. The van der Waals surface area contributed by atoms with Crippen LogP contribution in [0.1, 0.15) is 30.7 Å². The van der Waals surface area contributed by atoms with Gasteiger partial charge in [-0.15, -0.1) is 0 Å². The second-order valence-electron chi connectivity index (χ2n) is 5.78. The Balaban J connectivity index is 1.60. The minimum Gasteiger partial charge on any atom is -0.346 e. The molecule has 4 rings (SSSR count). The van der Waals surface area contributed by atoms with Crippen LogP contribution in [0.15, 0.2) is 48.3 Å². The molecule has 2 aromatic rings. The van der Waals surface area contributed by atoms with Crippen LogP contribution in [0.5, 0.6) is 0 Å². The van der Waals surface area contributed by atoms with Crippen LogP contribution in [0.3, 0.4) is 0 Å². The van der Waals surface area contributed by atoms with Crippen LogP contribution in [-0.4, -0.2) is 22.6 Å². The molecule has 2 heterocycles. The van der Waals surface area contributed by atoms with Crippen molar-refractivity contribution in [3.05, 3.63) is 53.9 Å². The Morgan fingerprint density at radius 3 is 3.15 bits per heavy atom. The molecule has 2 aliphatic rings. The number of H-pyrrole nitrogens is 1. The molecule has 0 amide bonds. The first kappa shape index (κ1) is 11.9. The van der Waals surface area contributed by atoms with Gasteiger partial charge in [-0.25, -0.2) is 4.98 Å². The van der Waals surface area contributed by atoms with E-state index in [1.54, 1.807) is 0 Å². The Morgan fingerprint density at radius 2 is 2.25 bits per heavy atom. The lowest BCUT2D eigenvalue weighted by Gasteiger charge is -2.18. The summed E-state index contributed by atoms with van der Waals surface area (Å²) >= 11 is 0. The fourth-order valence-corrected chi connectivity index (χ4v) is 2.94. The molecule has 1 unspecified atom stereocenters. The number of aromatic nitrogens is 2. The van der Waals surface area contributed by atoms with Crippen molar-refractivity contribution in [2.75, 3.05) is 6.54 Å². The summed E-state index contributed by atoms with van der Waals surface area (Å²) < 4.78 is 0. The predicted octanol–water partition coefficient (Wildman–Crippen LogP) is 3.28. The van der Waals surface area contributed by atoms with Crippen LogP contribution < -0.4 is 5.32 Å². The molecule has 3 heteroatoms. The zero-order valence-electron chi connectivity index (χ0n) is 11.5. The molecule has 3 nitrogen and oxygen atoms in total. The molecule has 20 heavy (non-hydrogen) atoms. The van der Waals surface area contributed by atoms with Gasteiger partial charge >= 0.3 is 0 Å². The monoisotopic (exact) mass is 265 g/mol. The van der Waals surface area contributed by atoms with Crippen molar-refractivity contribution in [3.8, 4) is 0 Å². The van der Waals surface area contributed by atoms with E-state index in [0.717, 1.165) is 24.7 Å². The van der Waals surface area contributed by atoms with Crippen molar-refractivity contribution in [1.29, 1.82) is 0 Å². The zero-order chi connectivity index (χ0) is 13.4. The molecule has 102 valence electrons. The summed E-state index contributed by atoms with van der Waals surface area (Å²) in [5.41, 5.74) is 3.78. The minimum atomic E-state index is 0.470. The molecule has 2 aromatic heterocycles. The Hall–Kier alpha value is -1.87. The van der Waals surface area contributed by atoms with E-state index in [0.29, 0.717) is 5.92 Å². The van der Waals surface area contributed by atoms with E-state index in [4.69, 9.17) is 0 Å². The predicted molar refractivity (Wildman–Crippen MR) is 81.7 cm³/mol. The highest BCUT2D eigenvalue weighted by molar-refractivity contribution is 5.80. The molecule has 1 fully saturated rings. The molecular weight excluding hydrogens is 246 g/mol. The van der Waals surface area contributed by atoms with Gasteiger partial charge in [-0.05, 0) is 42.5 Å². The van der Waals surface area contributed by atoms with E-state index in [1.165, 1.54) is 29.4 Å². The van der Waals surface area contributed by atoms with Gasteiger partial charge in [0.05, 0.1) is 0 Å². The standard InChI is InChI=1S/C17H19N3/c1-2-12(11-20-14-4-5-14)10-13(3-1)15-6-8-18-17-16(15)7-9-19-17/h1-2,6-10,13-14,20H,3-5,11H2,(H,18,19). The fourth-order valence-electron chi connectivity index (χ4n) is 2.94. The lowest BCUT2D eigenvalue weighted by Crippen LogP contribution is -2.19. The molecule has 1 saturated carbocycles. The third kappa shape index (κ3) is 2.29. The van der Waals surface area contributed by atoms with Gasteiger partial charge in [0, 0.05) is 36.3 Å². The number of aromatic amines is 1. The van der Waals surface area contributed by atoms with Crippen LogP contribution in [0, 0.1) is 0 Å². The number of fused-ring (bicyclic) bond motifs is 1. The highest BCUT2D eigenvalue weighted by Crippen LogP contribution is 2.31. The molecule has 0 bridgehead atoms. The normalized spacial score (nSPS) is 22.2. The number of hydrogen-bond donors (Lipinski definition) is 2. The van der Waals surface area contributed by atoms with Crippen LogP contribution >= 0.6 is 0 Å². The van der Waals surface area contributed by atoms with Gasteiger partial charge in [0.15, 0.2) is 0 Å². The van der Waals surface area contributed by atoms with Gasteiger partial charge < -0.3 is 10.3 Å². The molecule has 2 aliphatic carbocycles. The summed E-state index contributed by atoms with van der Waals surface area (Å²) in [5.74, 6) is 0.470. The number of nitrogens with zero attached hydrogens (tertiary/aromatic N) is 1. The van der Waals surface area contributed by atoms with Gasteiger partial charge in [-0.2, -0.15) is 0 Å². The second kappa shape index (κ2) is 4.91. The molecule has 0 aromatic carbocycles. The highest BCUT2D eigenvalue weighted by Gasteiger charge is 2.21. The summed E-state index contributed by atoms with van der Waals surface area (Å²) in [5, 5.41) is 4.84. The fraction of sp³-hybridized carbons (Fsp3) is 0.353. The lowest BCUT2D eigenvalue weighted by molar-refractivity contribution is 0.728. The van der Waals surface area contributed by atoms with Gasteiger partial charge in [-0.1, -0.05) is 18.2 Å². The van der Waals surface area contributed by atoms with E-state index < -0.39 is 0 Å². The summed E-state index contributed by atoms with van der Waals surface area (Å²) in [6.45, 7) is 0.999. The maximum Gasteiger partial charge on any atom is 0.137 e. The van der Waals surface area contributed by atoms with Crippen molar-refractivity contribution >= 4 is 11.0 Å². The Morgan fingerprint density at radius 1 is 1.30 bits per heavy atom. The van der Waals surface area contributed by atoms with Gasteiger partial charge in [0.2, 0.25) is 0 Å². The average Bonchev–Trinajstić information content (AvgIpc) is 3.20. The summed E-state index contributed by atoms with van der Waals surface area (Å²) in [4.78, 5) is 7.57. The second-order valence-corrected chi connectivity index (χ2v) is 5.78. The van der Waals surface area contributed by atoms with Gasteiger partial charge in [0.25, 0.3) is 0 Å². The van der Waals surface area contributed by atoms with Crippen molar-refractivity contribution < 1.29 is 0 Å². The third-order valence-electron chi connectivity index (χ3n) is 4.20. The first-order chi connectivity index (χ1) is 9.90. The average molecular weight is 265 g/mol. The first-order valence-electron chi connectivity index (χ1n) is 7.43. The van der Waals surface area contributed by atoms with E-state index in [-0.39, 0.29) is 0 Å². The zero-order valence-corrected chi connectivity index (χ0v) is 11.5. The summed E-state index contributed by atoms with van der Waals surface area (Å²) in [7, 11) is 0. The molecule has 1 atom stereocenters. The SMILES string of the molecule is C1=CC(CNC2CC2)=CC(c2ccnc3[nH]ccc23)C1. The maximum atomic E-state index is 4.38. The van der Waals surface area contributed by atoms with E-state index in [2.05, 4.69) is 45.6 Å². The largest absolute Gasteiger partial charge is 0.346 e. The van der Waals surface area contributed by atoms with E-state index >= 15 is 0 Å². The van der Waals surface area contributed by atoms with Crippen LogP contribution in [0.25, 0.3) is 11.0 Å². The minimum absolute atomic E-state index is 0.470. The van der Waals surface area contributed by atoms with E-state index in [9.17, 15) is 0 Å². The summed E-state index contributed by atoms with van der Waals surface area (Å²) in [6.07, 6.45) is 14.6. The van der Waals surface area contributed by atoms with Gasteiger partial charge in [0.1, 0.15) is 5.65 Å².